The molecule has 0 bridgehead atoms. The maximum atomic E-state index is 4.45. The lowest BCUT2D eigenvalue weighted by Crippen LogP contribution is -2.17. The molecule has 0 aliphatic carbocycles. The van der Waals surface area contributed by atoms with Crippen LogP contribution in [-0.2, 0) is 0 Å². The summed E-state index contributed by atoms with van der Waals surface area (Å²) in [4.78, 5) is 3.95. The van der Waals surface area contributed by atoms with Gasteiger partial charge in [-0.05, 0) is 19.1 Å². The molecule has 1 nitrogen and oxygen atoms in total. The van der Waals surface area contributed by atoms with E-state index in [1.807, 2.05) is 0 Å². The normalized spacial score (nSPS) is 13.0. The third-order valence-corrected chi connectivity index (χ3v) is 3.41. The van der Waals surface area contributed by atoms with Crippen LogP contribution in [0.2, 0.25) is 13.1 Å². The third kappa shape index (κ3) is 3.08. The van der Waals surface area contributed by atoms with Gasteiger partial charge in [-0.2, -0.15) is 0 Å². The SMILES string of the molecule is CC(N=C=S)[SiH](C)C. The standard InChI is InChI=1S/C5H11NSSi/c1-5(6-4-7)8(2)3/h5,8H,1-3H3. The van der Waals surface area contributed by atoms with Gasteiger partial charge in [-0.1, -0.05) is 13.1 Å². The van der Waals surface area contributed by atoms with E-state index in [1.165, 1.54) is 0 Å². The Hall–Kier alpha value is 0.0169. The minimum atomic E-state index is -0.578. The summed E-state index contributed by atoms with van der Waals surface area (Å²) in [5.41, 5.74) is 0.465. The lowest BCUT2D eigenvalue weighted by atomic mass is 10.8. The van der Waals surface area contributed by atoms with Crippen LogP contribution in [0.5, 0.6) is 0 Å². The van der Waals surface area contributed by atoms with Gasteiger partial charge in [0.25, 0.3) is 0 Å². The van der Waals surface area contributed by atoms with Crippen LogP contribution in [-0.4, -0.2) is 19.6 Å². The van der Waals surface area contributed by atoms with E-state index in [1.54, 1.807) is 0 Å². The van der Waals surface area contributed by atoms with Crippen molar-refractivity contribution in [2.75, 3.05) is 0 Å². The summed E-state index contributed by atoms with van der Waals surface area (Å²) in [7, 11) is -0.578. The summed E-state index contributed by atoms with van der Waals surface area (Å²) in [5, 5.41) is 2.39. The van der Waals surface area contributed by atoms with Crippen LogP contribution in [0.3, 0.4) is 0 Å². The van der Waals surface area contributed by atoms with E-state index in [0.717, 1.165) is 0 Å². The van der Waals surface area contributed by atoms with Gasteiger partial charge in [0.15, 0.2) is 0 Å². The zero-order valence-electron chi connectivity index (χ0n) is 5.51. The zero-order valence-corrected chi connectivity index (χ0v) is 7.48. The first-order valence-electron chi connectivity index (χ1n) is 2.75. The van der Waals surface area contributed by atoms with Gasteiger partial charge in [-0.25, -0.2) is 4.99 Å². The van der Waals surface area contributed by atoms with Gasteiger partial charge in [0, 0.05) is 5.67 Å². The number of hydrogen-bond donors (Lipinski definition) is 0. The molecule has 0 saturated heterocycles. The molecular weight excluding hydrogens is 134 g/mol. The topological polar surface area (TPSA) is 12.4 Å². The molecule has 0 heterocycles. The molecule has 0 saturated carbocycles. The van der Waals surface area contributed by atoms with E-state index in [4.69, 9.17) is 0 Å². The fourth-order valence-electron chi connectivity index (χ4n) is 0.232. The Labute approximate surface area is 57.4 Å². The summed E-state index contributed by atoms with van der Waals surface area (Å²) in [6, 6.07) is 0. The Bertz CT molecular complexity index is 107. The minimum absolute atomic E-state index is 0.465. The third-order valence-electron chi connectivity index (χ3n) is 1.22. The van der Waals surface area contributed by atoms with E-state index in [9.17, 15) is 0 Å². The highest BCUT2D eigenvalue weighted by molar-refractivity contribution is 7.78. The van der Waals surface area contributed by atoms with Gasteiger partial charge in [0.05, 0.1) is 14.0 Å². The molecule has 0 fully saturated rings. The lowest BCUT2D eigenvalue weighted by Gasteiger charge is -2.03. The van der Waals surface area contributed by atoms with Gasteiger partial charge in [-0.15, -0.1) is 0 Å². The summed E-state index contributed by atoms with van der Waals surface area (Å²) < 4.78 is 0. The smallest absolute Gasteiger partial charge is 0.0609 e. The van der Waals surface area contributed by atoms with Crippen LogP contribution in [0, 0.1) is 0 Å². The zero-order chi connectivity index (χ0) is 6.57. The van der Waals surface area contributed by atoms with Crippen molar-refractivity contribution in [1.29, 1.82) is 0 Å². The number of hydrogen-bond acceptors (Lipinski definition) is 2. The van der Waals surface area contributed by atoms with E-state index in [0.29, 0.717) is 5.67 Å². The molecule has 46 valence electrons. The Morgan fingerprint density at radius 2 is 2.12 bits per heavy atom. The van der Waals surface area contributed by atoms with Crippen molar-refractivity contribution >= 4 is 26.2 Å². The number of thiocarbonyl (C=S) groups is 1. The van der Waals surface area contributed by atoms with Gasteiger partial charge in [0.2, 0.25) is 0 Å². The summed E-state index contributed by atoms with van der Waals surface area (Å²) in [6.45, 7) is 6.60. The highest BCUT2D eigenvalue weighted by Crippen LogP contribution is 1.93. The van der Waals surface area contributed by atoms with Gasteiger partial charge in [-0.3, -0.25) is 0 Å². The second-order valence-corrected chi connectivity index (χ2v) is 5.84. The molecule has 0 N–H and O–H groups in total. The number of aliphatic imine (C=N–C) groups is 1. The van der Waals surface area contributed by atoms with Crippen molar-refractivity contribution in [3.8, 4) is 0 Å². The second-order valence-electron chi connectivity index (χ2n) is 2.21. The van der Waals surface area contributed by atoms with Crippen LogP contribution in [0.15, 0.2) is 4.99 Å². The van der Waals surface area contributed by atoms with Gasteiger partial charge >= 0.3 is 0 Å². The summed E-state index contributed by atoms with van der Waals surface area (Å²) in [6.07, 6.45) is 0. The van der Waals surface area contributed by atoms with Crippen molar-refractivity contribution in [3.05, 3.63) is 0 Å². The second kappa shape index (κ2) is 3.95. The van der Waals surface area contributed by atoms with Crippen LogP contribution >= 0.6 is 12.2 Å². The molecule has 8 heavy (non-hydrogen) atoms. The Morgan fingerprint density at radius 3 is 2.25 bits per heavy atom. The molecule has 0 aliphatic rings. The quantitative estimate of drug-likeness (QED) is 0.326. The van der Waals surface area contributed by atoms with Crippen LogP contribution in [0.25, 0.3) is 0 Å². The van der Waals surface area contributed by atoms with Gasteiger partial charge < -0.3 is 0 Å². The average molecular weight is 145 g/mol. The monoisotopic (exact) mass is 145 g/mol. The fraction of sp³-hybridized carbons (Fsp3) is 0.800. The molecule has 1 unspecified atom stereocenters. The Kier molecular flexibility index (Phi) is 3.96. The molecule has 0 rings (SSSR count). The lowest BCUT2D eigenvalue weighted by molar-refractivity contribution is 1.01. The van der Waals surface area contributed by atoms with E-state index in [2.05, 4.69) is 42.4 Å². The minimum Gasteiger partial charge on any atom is -0.233 e. The van der Waals surface area contributed by atoms with Crippen molar-refractivity contribution < 1.29 is 0 Å². The molecule has 3 heteroatoms. The van der Waals surface area contributed by atoms with E-state index < -0.39 is 8.80 Å². The van der Waals surface area contributed by atoms with E-state index in [-0.39, 0.29) is 0 Å². The molecule has 0 aromatic rings. The molecular formula is C5H11NSSi. The fourth-order valence-corrected chi connectivity index (χ4v) is 0.879. The maximum absolute atomic E-state index is 4.45. The summed E-state index contributed by atoms with van der Waals surface area (Å²) in [5.74, 6) is 0. The van der Waals surface area contributed by atoms with Crippen LogP contribution in [0.1, 0.15) is 6.92 Å². The van der Waals surface area contributed by atoms with Gasteiger partial charge in [0.1, 0.15) is 0 Å². The first kappa shape index (κ1) is 8.02. The Balaban J connectivity index is 3.63. The number of rotatable bonds is 2. The Morgan fingerprint density at radius 1 is 1.62 bits per heavy atom. The molecule has 1 atom stereocenters. The van der Waals surface area contributed by atoms with Crippen molar-refractivity contribution in [1.82, 2.24) is 0 Å². The number of nitrogens with zero attached hydrogens (tertiary/aromatic N) is 1. The highest BCUT2D eigenvalue weighted by Gasteiger charge is 2.03. The van der Waals surface area contributed by atoms with Crippen molar-refractivity contribution in [2.24, 2.45) is 4.99 Å². The first-order chi connectivity index (χ1) is 3.68. The number of isothiocyanates is 1. The largest absolute Gasteiger partial charge is 0.233 e. The predicted octanol–water partition coefficient (Wildman–Crippen LogP) is 1.50. The van der Waals surface area contributed by atoms with Crippen molar-refractivity contribution in [3.63, 3.8) is 0 Å². The van der Waals surface area contributed by atoms with Crippen LogP contribution < -0.4 is 0 Å². The molecule has 0 aromatic heterocycles. The molecule has 0 amide bonds. The van der Waals surface area contributed by atoms with Crippen molar-refractivity contribution in [2.45, 2.75) is 25.7 Å². The first-order valence-corrected chi connectivity index (χ1v) is 6.14. The predicted molar refractivity (Wildman–Crippen MR) is 43.4 cm³/mol. The van der Waals surface area contributed by atoms with Crippen LogP contribution in [0.4, 0.5) is 0 Å². The molecule has 0 spiro atoms. The van der Waals surface area contributed by atoms with E-state index >= 15 is 0 Å². The average Bonchev–Trinajstić information content (AvgIpc) is 1.67. The molecule has 0 radical (unpaired) electrons. The summed E-state index contributed by atoms with van der Waals surface area (Å²) >= 11 is 4.45. The molecule has 0 aliphatic heterocycles. The highest BCUT2D eigenvalue weighted by atomic mass is 32.1. The molecule has 0 aromatic carbocycles. The maximum Gasteiger partial charge on any atom is 0.0609 e.